The summed E-state index contributed by atoms with van der Waals surface area (Å²) in [7, 11) is 3.37. The van der Waals surface area contributed by atoms with Crippen molar-refractivity contribution < 1.29 is 14.3 Å². The van der Waals surface area contributed by atoms with Crippen molar-refractivity contribution in [1.82, 2.24) is 14.5 Å². The summed E-state index contributed by atoms with van der Waals surface area (Å²) in [5, 5.41) is 0.585. The number of carbonyl (C=O) groups is 1. The molecule has 0 saturated heterocycles. The Kier molecular flexibility index (Phi) is 6.27. The van der Waals surface area contributed by atoms with E-state index < -0.39 is 0 Å². The molecule has 1 aliphatic rings. The molecule has 0 radical (unpaired) electrons. The summed E-state index contributed by atoms with van der Waals surface area (Å²) in [6.45, 7) is 3.36. The quantitative estimate of drug-likeness (QED) is 0.584. The van der Waals surface area contributed by atoms with Crippen LogP contribution in [0.3, 0.4) is 0 Å². The van der Waals surface area contributed by atoms with E-state index in [1.165, 1.54) is 11.3 Å². The van der Waals surface area contributed by atoms with E-state index in [0.717, 1.165) is 48.6 Å². The number of nitrogens with zero attached hydrogens (tertiary/aromatic N) is 3. The van der Waals surface area contributed by atoms with E-state index in [1.54, 1.807) is 23.6 Å². The van der Waals surface area contributed by atoms with Crippen LogP contribution in [0.15, 0.2) is 29.1 Å². The van der Waals surface area contributed by atoms with Gasteiger partial charge in [-0.25, -0.2) is 4.98 Å². The maximum Gasteiger partial charge on any atom is 0.264 e. The molecule has 3 heterocycles. The number of ether oxygens (including phenoxy) is 2. The summed E-state index contributed by atoms with van der Waals surface area (Å²) in [4.78, 5) is 33.8. The maximum atomic E-state index is 13.1. The molecule has 164 valence electrons. The number of carbonyl (C=O) groups excluding carboxylic acids is 1. The molecular weight excluding hydrogens is 414 g/mol. The number of fused-ring (bicyclic) bond motifs is 2. The Bertz CT molecular complexity index is 1150. The first-order valence-electron chi connectivity index (χ1n) is 10.5. The zero-order valence-electron chi connectivity index (χ0n) is 18.1. The molecule has 1 aromatic carbocycles. The van der Waals surface area contributed by atoms with Gasteiger partial charge in [0, 0.05) is 20.0 Å². The number of rotatable bonds is 6. The van der Waals surface area contributed by atoms with Crippen LogP contribution in [-0.2, 0) is 13.0 Å². The lowest BCUT2D eigenvalue weighted by atomic mass is 10.2. The van der Waals surface area contributed by atoms with Crippen LogP contribution >= 0.6 is 11.3 Å². The maximum absolute atomic E-state index is 13.1. The van der Waals surface area contributed by atoms with Gasteiger partial charge in [0.2, 0.25) is 0 Å². The third kappa shape index (κ3) is 4.30. The normalized spacial score (nSPS) is 13.5. The number of methoxy groups -OCH3 is 1. The number of benzene rings is 1. The molecule has 0 unspecified atom stereocenters. The molecule has 31 heavy (non-hydrogen) atoms. The number of amides is 1. The van der Waals surface area contributed by atoms with Gasteiger partial charge in [0.1, 0.15) is 28.8 Å². The molecule has 0 fully saturated rings. The Labute approximate surface area is 185 Å². The molecule has 0 N–H and O–H groups in total. The Morgan fingerprint density at radius 1 is 1.19 bits per heavy atom. The van der Waals surface area contributed by atoms with Crippen molar-refractivity contribution in [3.05, 3.63) is 50.9 Å². The number of aryl methyl sites for hydroxylation is 2. The standard InChI is InChI=1S/C23H27N3O4S/c1-15-19-21(24-18-7-5-4-6-12-26(18)22(19)27)31-20(15)23(28)25(2)13-14-30-17-10-8-16(29-3)9-11-17/h8-11H,4-7,12-14H2,1-3H3. The summed E-state index contributed by atoms with van der Waals surface area (Å²) in [5.74, 6) is 2.22. The van der Waals surface area contributed by atoms with E-state index in [-0.39, 0.29) is 11.5 Å². The topological polar surface area (TPSA) is 73.7 Å². The minimum atomic E-state index is -0.113. The fourth-order valence-electron chi connectivity index (χ4n) is 3.86. The van der Waals surface area contributed by atoms with Gasteiger partial charge in [0.25, 0.3) is 11.5 Å². The van der Waals surface area contributed by atoms with Crippen molar-refractivity contribution in [2.45, 2.75) is 39.2 Å². The van der Waals surface area contributed by atoms with E-state index in [4.69, 9.17) is 14.5 Å². The average Bonchev–Trinajstić information content (AvgIpc) is 2.94. The van der Waals surface area contributed by atoms with Crippen molar-refractivity contribution in [3.63, 3.8) is 0 Å². The molecule has 0 bridgehead atoms. The van der Waals surface area contributed by atoms with Crippen LogP contribution in [0.1, 0.15) is 40.3 Å². The van der Waals surface area contributed by atoms with Gasteiger partial charge in [0.05, 0.1) is 23.9 Å². The first-order chi connectivity index (χ1) is 15.0. The van der Waals surface area contributed by atoms with Crippen LogP contribution in [0.5, 0.6) is 11.5 Å². The fourth-order valence-corrected chi connectivity index (χ4v) is 5.05. The van der Waals surface area contributed by atoms with Crippen LogP contribution in [0, 0.1) is 6.92 Å². The van der Waals surface area contributed by atoms with Gasteiger partial charge in [0.15, 0.2) is 0 Å². The molecule has 7 nitrogen and oxygen atoms in total. The van der Waals surface area contributed by atoms with Crippen LogP contribution in [-0.4, -0.2) is 47.7 Å². The molecule has 0 aliphatic carbocycles. The van der Waals surface area contributed by atoms with Gasteiger partial charge in [-0.15, -0.1) is 11.3 Å². The Hall–Kier alpha value is -2.87. The van der Waals surface area contributed by atoms with Crippen molar-refractivity contribution in [2.24, 2.45) is 0 Å². The van der Waals surface area contributed by atoms with E-state index in [0.29, 0.717) is 34.8 Å². The smallest absolute Gasteiger partial charge is 0.264 e. The molecule has 0 saturated carbocycles. The predicted molar refractivity (Wildman–Crippen MR) is 122 cm³/mol. The van der Waals surface area contributed by atoms with E-state index in [9.17, 15) is 9.59 Å². The molecule has 0 atom stereocenters. The van der Waals surface area contributed by atoms with E-state index in [1.807, 2.05) is 31.2 Å². The zero-order chi connectivity index (χ0) is 22.0. The summed E-state index contributed by atoms with van der Waals surface area (Å²) in [6, 6.07) is 7.33. The third-order valence-electron chi connectivity index (χ3n) is 5.71. The monoisotopic (exact) mass is 441 g/mol. The first kappa shape index (κ1) is 21.4. The first-order valence-corrected chi connectivity index (χ1v) is 11.4. The molecule has 4 rings (SSSR count). The van der Waals surface area contributed by atoms with Gasteiger partial charge < -0.3 is 14.4 Å². The largest absolute Gasteiger partial charge is 0.497 e. The second-order valence-corrected chi connectivity index (χ2v) is 8.78. The average molecular weight is 442 g/mol. The van der Waals surface area contributed by atoms with Crippen molar-refractivity contribution >= 4 is 27.5 Å². The van der Waals surface area contributed by atoms with Crippen molar-refractivity contribution in [3.8, 4) is 11.5 Å². The summed E-state index contributed by atoms with van der Waals surface area (Å²) < 4.78 is 12.7. The highest BCUT2D eigenvalue weighted by Crippen LogP contribution is 2.29. The molecule has 1 aliphatic heterocycles. The van der Waals surface area contributed by atoms with Gasteiger partial charge in [-0.3, -0.25) is 14.2 Å². The van der Waals surface area contributed by atoms with Gasteiger partial charge in [-0.2, -0.15) is 0 Å². The summed E-state index contributed by atoms with van der Waals surface area (Å²) in [6.07, 6.45) is 3.97. The summed E-state index contributed by atoms with van der Waals surface area (Å²) in [5.41, 5.74) is 0.713. The molecule has 1 amide bonds. The zero-order valence-corrected chi connectivity index (χ0v) is 19.0. The van der Waals surface area contributed by atoms with E-state index >= 15 is 0 Å². The predicted octanol–water partition coefficient (Wildman–Crippen LogP) is 3.65. The fraction of sp³-hybridized carbons (Fsp3) is 0.435. The Morgan fingerprint density at radius 2 is 1.94 bits per heavy atom. The third-order valence-corrected chi connectivity index (χ3v) is 6.88. The van der Waals surface area contributed by atoms with Crippen LogP contribution in [0.25, 0.3) is 10.2 Å². The van der Waals surface area contributed by atoms with Gasteiger partial charge in [-0.05, 0) is 49.6 Å². The van der Waals surface area contributed by atoms with Crippen LogP contribution < -0.4 is 15.0 Å². The number of thiophene rings is 1. The molecule has 8 heteroatoms. The van der Waals surface area contributed by atoms with Crippen molar-refractivity contribution in [1.29, 1.82) is 0 Å². The van der Waals surface area contributed by atoms with Gasteiger partial charge in [-0.1, -0.05) is 6.42 Å². The van der Waals surface area contributed by atoms with Gasteiger partial charge >= 0.3 is 0 Å². The molecule has 2 aromatic heterocycles. The van der Waals surface area contributed by atoms with Crippen molar-refractivity contribution in [2.75, 3.05) is 27.3 Å². The highest BCUT2D eigenvalue weighted by atomic mass is 32.1. The minimum Gasteiger partial charge on any atom is -0.497 e. The number of aromatic nitrogens is 2. The highest BCUT2D eigenvalue weighted by Gasteiger charge is 2.24. The van der Waals surface area contributed by atoms with Crippen LogP contribution in [0.4, 0.5) is 0 Å². The lowest BCUT2D eigenvalue weighted by molar-refractivity contribution is 0.0778. The second kappa shape index (κ2) is 9.09. The molecular formula is C23H27N3O4S. The second-order valence-electron chi connectivity index (χ2n) is 7.78. The number of likely N-dealkylation sites (N-methyl/N-ethyl adjacent to an activating group) is 1. The lowest BCUT2D eigenvalue weighted by Gasteiger charge is -2.17. The Morgan fingerprint density at radius 3 is 2.68 bits per heavy atom. The lowest BCUT2D eigenvalue weighted by Crippen LogP contribution is -2.30. The minimum absolute atomic E-state index is 0.0137. The van der Waals surface area contributed by atoms with Crippen LogP contribution in [0.2, 0.25) is 0 Å². The van der Waals surface area contributed by atoms with E-state index in [2.05, 4.69) is 0 Å². The SMILES string of the molecule is COc1ccc(OCCN(C)C(=O)c2sc3nc4n(c(=O)c3c2C)CCCCC4)cc1. The number of hydrogen-bond acceptors (Lipinski definition) is 6. The highest BCUT2D eigenvalue weighted by molar-refractivity contribution is 7.20. The summed E-state index contributed by atoms with van der Waals surface area (Å²) >= 11 is 1.32. The number of hydrogen-bond donors (Lipinski definition) is 0. The Balaban J connectivity index is 1.49. The molecule has 0 spiro atoms. The molecule has 3 aromatic rings.